The highest BCUT2D eigenvalue weighted by Gasteiger charge is 2.22. The zero-order valence-corrected chi connectivity index (χ0v) is 17.3. The normalized spacial score (nSPS) is 12.9. The van der Waals surface area contributed by atoms with Gasteiger partial charge in [0.25, 0.3) is 5.91 Å². The Bertz CT molecular complexity index is 1080. The van der Waals surface area contributed by atoms with Crippen LogP contribution in [0.1, 0.15) is 28.0 Å². The summed E-state index contributed by atoms with van der Waals surface area (Å²) in [5.74, 6) is -0.805. The molecule has 1 aliphatic heterocycles. The van der Waals surface area contributed by atoms with E-state index in [0.29, 0.717) is 16.4 Å². The number of fused-ring (bicyclic) bond motifs is 1. The Labute approximate surface area is 177 Å². The van der Waals surface area contributed by atoms with Crippen LogP contribution in [0, 0.1) is 12.7 Å². The molecule has 154 valence electrons. The molecule has 2 amide bonds. The summed E-state index contributed by atoms with van der Waals surface area (Å²) in [6, 6.07) is 11.1. The third kappa shape index (κ3) is 4.49. The predicted molar refractivity (Wildman–Crippen MR) is 117 cm³/mol. The number of halogens is 1. The number of rotatable bonds is 5. The first-order valence-corrected chi connectivity index (χ1v) is 10.5. The zero-order valence-electron chi connectivity index (χ0n) is 16.4. The molecule has 0 radical (unpaired) electrons. The van der Waals surface area contributed by atoms with Crippen molar-refractivity contribution in [3.8, 4) is 0 Å². The van der Waals surface area contributed by atoms with Crippen LogP contribution in [0.15, 0.2) is 47.8 Å². The second-order valence-corrected chi connectivity index (χ2v) is 7.99. The van der Waals surface area contributed by atoms with Crippen molar-refractivity contribution in [1.82, 2.24) is 4.98 Å². The Kier molecular flexibility index (Phi) is 5.76. The van der Waals surface area contributed by atoms with Crippen LogP contribution in [0.5, 0.6) is 0 Å². The molecule has 0 bridgehead atoms. The van der Waals surface area contributed by atoms with Crippen molar-refractivity contribution in [1.29, 1.82) is 0 Å². The van der Waals surface area contributed by atoms with Crippen molar-refractivity contribution in [2.75, 3.05) is 28.6 Å². The average Bonchev–Trinajstić information content (AvgIpc) is 3.13. The SMILES string of the molecule is Cc1csc(NC(=O)CN2CCCc3c(NC(=O)c4ccc(F)cc4)cccc32)n1. The van der Waals surface area contributed by atoms with Gasteiger partial charge in [-0.05, 0) is 61.7 Å². The lowest BCUT2D eigenvalue weighted by Gasteiger charge is -2.32. The summed E-state index contributed by atoms with van der Waals surface area (Å²) in [7, 11) is 0. The van der Waals surface area contributed by atoms with Gasteiger partial charge in [0.05, 0.1) is 12.2 Å². The molecule has 0 spiro atoms. The van der Waals surface area contributed by atoms with E-state index in [1.807, 2.05) is 35.4 Å². The Morgan fingerprint density at radius 1 is 1.17 bits per heavy atom. The number of hydrogen-bond donors (Lipinski definition) is 2. The number of amides is 2. The van der Waals surface area contributed by atoms with Crippen molar-refractivity contribution in [3.05, 3.63) is 70.5 Å². The number of anilines is 3. The number of nitrogens with zero attached hydrogens (tertiary/aromatic N) is 2. The van der Waals surface area contributed by atoms with Crippen LogP contribution in [0.25, 0.3) is 0 Å². The maximum Gasteiger partial charge on any atom is 0.255 e. The van der Waals surface area contributed by atoms with Crippen molar-refractivity contribution in [2.45, 2.75) is 19.8 Å². The van der Waals surface area contributed by atoms with E-state index in [2.05, 4.69) is 15.6 Å². The second kappa shape index (κ2) is 8.62. The van der Waals surface area contributed by atoms with E-state index in [1.54, 1.807) is 0 Å². The molecule has 3 aromatic rings. The first kappa shape index (κ1) is 20.0. The first-order chi connectivity index (χ1) is 14.5. The van der Waals surface area contributed by atoms with Gasteiger partial charge in [0, 0.05) is 28.9 Å². The van der Waals surface area contributed by atoms with Crippen molar-refractivity contribution >= 4 is 39.7 Å². The van der Waals surface area contributed by atoms with E-state index in [1.165, 1.54) is 35.6 Å². The topological polar surface area (TPSA) is 74.3 Å². The van der Waals surface area contributed by atoms with Gasteiger partial charge in [-0.2, -0.15) is 0 Å². The molecule has 4 rings (SSSR count). The standard InChI is InChI=1S/C22H21FN4O2S/c1-14-13-30-22(24-14)26-20(28)12-27-11-3-4-17-18(5-2-6-19(17)27)25-21(29)15-7-9-16(23)10-8-15/h2,5-10,13H,3-4,11-12H2,1H3,(H,25,29)(H,24,26,28). The van der Waals surface area contributed by atoms with Gasteiger partial charge >= 0.3 is 0 Å². The average molecular weight is 425 g/mol. The lowest BCUT2D eigenvalue weighted by Crippen LogP contribution is -2.37. The fourth-order valence-electron chi connectivity index (χ4n) is 3.52. The maximum absolute atomic E-state index is 13.1. The van der Waals surface area contributed by atoms with Gasteiger partial charge in [-0.3, -0.25) is 9.59 Å². The molecule has 0 fully saturated rings. The van der Waals surface area contributed by atoms with E-state index in [4.69, 9.17) is 0 Å². The summed E-state index contributed by atoms with van der Waals surface area (Å²) in [6.07, 6.45) is 1.68. The fourth-order valence-corrected chi connectivity index (χ4v) is 4.23. The Balaban J connectivity index is 1.49. The number of aryl methyl sites for hydroxylation is 1. The van der Waals surface area contributed by atoms with Crippen LogP contribution in [0.2, 0.25) is 0 Å². The number of carbonyl (C=O) groups excluding carboxylic acids is 2. The number of hydrogen-bond acceptors (Lipinski definition) is 5. The van der Waals surface area contributed by atoms with E-state index < -0.39 is 0 Å². The minimum absolute atomic E-state index is 0.127. The minimum Gasteiger partial charge on any atom is -0.362 e. The zero-order chi connectivity index (χ0) is 21.1. The van der Waals surface area contributed by atoms with Crippen LogP contribution in [0.3, 0.4) is 0 Å². The molecule has 0 atom stereocenters. The van der Waals surface area contributed by atoms with Crippen LogP contribution >= 0.6 is 11.3 Å². The molecule has 8 heteroatoms. The van der Waals surface area contributed by atoms with E-state index in [9.17, 15) is 14.0 Å². The summed E-state index contributed by atoms with van der Waals surface area (Å²) in [6.45, 7) is 2.85. The molecule has 0 aliphatic carbocycles. The molecule has 2 heterocycles. The Morgan fingerprint density at radius 3 is 2.70 bits per heavy atom. The number of thiazole rings is 1. The van der Waals surface area contributed by atoms with Crippen molar-refractivity contribution < 1.29 is 14.0 Å². The third-order valence-electron chi connectivity index (χ3n) is 4.90. The van der Waals surface area contributed by atoms with Gasteiger partial charge in [0.2, 0.25) is 5.91 Å². The number of aromatic nitrogens is 1. The highest BCUT2D eigenvalue weighted by atomic mass is 32.1. The molecule has 0 saturated carbocycles. The van der Waals surface area contributed by atoms with E-state index in [-0.39, 0.29) is 24.2 Å². The van der Waals surface area contributed by atoms with Gasteiger partial charge in [-0.25, -0.2) is 9.37 Å². The molecule has 2 N–H and O–H groups in total. The second-order valence-electron chi connectivity index (χ2n) is 7.13. The highest BCUT2D eigenvalue weighted by Crippen LogP contribution is 2.33. The molecule has 2 aromatic carbocycles. The highest BCUT2D eigenvalue weighted by molar-refractivity contribution is 7.13. The summed E-state index contributed by atoms with van der Waals surface area (Å²) in [5.41, 5.74) is 3.91. The van der Waals surface area contributed by atoms with Crippen LogP contribution in [-0.2, 0) is 11.2 Å². The summed E-state index contributed by atoms with van der Waals surface area (Å²) >= 11 is 1.40. The van der Waals surface area contributed by atoms with E-state index in [0.717, 1.165) is 36.3 Å². The quantitative estimate of drug-likeness (QED) is 0.643. The first-order valence-electron chi connectivity index (χ1n) is 9.65. The molecular weight excluding hydrogens is 403 g/mol. The third-order valence-corrected chi connectivity index (χ3v) is 5.78. The monoisotopic (exact) mass is 424 g/mol. The summed E-state index contributed by atoms with van der Waals surface area (Å²) in [4.78, 5) is 31.3. The number of carbonyl (C=O) groups is 2. The van der Waals surface area contributed by atoms with Gasteiger partial charge in [-0.15, -0.1) is 11.3 Å². The molecule has 1 aliphatic rings. The Hall–Kier alpha value is -3.26. The summed E-state index contributed by atoms with van der Waals surface area (Å²) in [5, 5.41) is 8.25. The lowest BCUT2D eigenvalue weighted by molar-refractivity contribution is -0.115. The fraction of sp³-hybridized carbons (Fsp3) is 0.227. The van der Waals surface area contributed by atoms with Gasteiger partial charge in [0.15, 0.2) is 5.13 Å². The van der Waals surface area contributed by atoms with Crippen LogP contribution in [-0.4, -0.2) is 29.9 Å². The Morgan fingerprint density at radius 2 is 1.97 bits per heavy atom. The molecule has 0 saturated heterocycles. The van der Waals surface area contributed by atoms with Gasteiger partial charge in [0.1, 0.15) is 5.82 Å². The molecule has 1 aromatic heterocycles. The van der Waals surface area contributed by atoms with Crippen molar-refractivity contribution in [3.63, 3.8) is 0 Å². The maximum atomic E-state index is 13.1. The van der Waals surface area contributed by atoms with Crippen LogP contribution < -0.4 is 15.5 Å². The van der Waals surface area contributed by atoms with Crippen LogP contribution in [0.4, 0.5) is 20.9 Å². The molecule has 6 nitrogen and oxygen atoms in total. The predicted octanol–water partition coefficient (Wildman–Crippen LogP) is 4.23. The smallest absolute Gasteiger partial charge is 0.255 e. The van der Waals surface area contributed by atoms with Gasteiger partial charge in [-0.1, -0.05) is 6.07 Å². The molecule has 0 unspecified atom stereocenters. The molecular formula is C22H21FN4O2S. The van der Waals surface area contributed by atoms with Gasteiger partial charge < -0.3 is 15.5 Å². The number of benzene rings is 2. The molecule has 30 heavy (non-hydrogen) atoms. The summed E-state index contributed by atoms with van der Waals surface area (Å²) < 4.78 is 13.1. The lowest BCUT2D eigenvalue weighted by atomic mass is 9.99. The van der Waals surface area contributed by atoms with Crippen molar-refractivity contribution in [2.24, 2.45) is 0 Å². The largest absolute Gasteiger partial charge is 0.362 e. The van der Waals surface area contributed by atoms with E-state index >= 15 is 0 Å². The number of nitrogens with one attached hydrogen (secondary N) is 2. The minimum atomic E-state index is -0.384.